The largest absolute Gasteiger partial charge is 0.324 e. The molecule has 2 aromatic rings. The van der Waals surface area contributed by atoms with Crippen LogP contribution in [-0.4, -0.2) is 18.4 Å². The van der Waals surface area contributed by atoms with Crippen LogP contribution in [-0.2, 0) is 9.59 Å². The fraction of sp³-hybridized carbons (Fsp3) is 0.263. The zero-order valence-electron chi connectivity index (χ0n) is 13.7. The van der Waals surface area contributed by atoms with Crippen LogP contribution in [0.25, 0.3) is 0 Å². The minimum Gasteiger partial charge on any atom is -0.324 e. The summed E-state index contributed by atoms with van der Waals surface area (Å²) in [4.78, 5) is 25.8. The lowest BCUT2D eigenvalue weighted by atomic mass is 10.1. The summed E-state index contributed by atoms with van der Waals surface area (Å²) in [5, 5.41) is 2.82. The van der Waals surface area contributed by atoms with Gasteiger partial charge in [-0.2, -0.15) is 0 Å². The fourth-order valence-corrected chi connectivity index (χ4v) is 2.79. The molecule has 1 aliphatic heterocycles. The van der Waals surface area contributed by atoms with E-state index >= 15 is 0 Å². The third-order valence-electron chi connectivity index (χ3n) is 4.24. The van der Waals surface area contributed by atoms with Crippen LogP contribution in [0.5, 0.6) is 0 Å². The maximum Gasteiger partial charge on any atom is 0.245 e. The Hall–Kier alpha value is -2.66. The molecule has 3 rings (SSSR count). The smallest absolute Gasteiger partial charge is 0.245 e. The summed E-state index contributed by atoms with van der Waals surface area (Å²) in [7, 11) is 0. The van der Waals surface area contributed by atoms with E-state index in [1.165, 1.54) is 0 Å². The third-order valence-corrected chi connectivity index (χ3v) is 4.24. The molecule has 1 fully saturated rings. The van der Waals surface area contributed by atoms with Crippen molar-refractivity contribution in [2.45, 2.75) is 25.8 Å². The maximum atomic E-state index is 12.3. The van der Waals surface area contributed by atoms with Crippen molar-refractivity contribution in [1.29, 1.82) is 0 Å². The zero-order chi connectivity index (χ0) is 17.1. The van der Waals surface area contributed by atoms with Gasteiger partial charge in [0.15, 0.2) is 0 Å². The van der Waals surface area contributed by atoms with E-state index in [4.69, 9.17) is 5.73 Å². The van der Waals surface area contributed by atoms with E-state index in [2.05, 4.69) is 5.32 Å². The summed E-state index contributed by atoms with van der Waals surface area (Å²) in [6.07, 6.45) is 1.49. The third kappa shape index (κ3) is 3.46. The molecule has 0 bridgehead atoms. The number of nitrogens with zero attached hydrogens (tertiary/aromatic N) is 1. The number of hydrogen-bond donors (Lipinski definition) is 2. The topological polar surface area (TPSA) is 75.4 Å². The first-order valence-electron chi connectivity index (χ1n) is 8.08. The Kier molecular flexibility index (Phi) is 4.62. The highest BCUT2D eigenvalue weighted by Crippen LogP contribution is 2.23. The van der Waals surface area contributed by atoms with Crippen LogP contribution in [0.3, 0.4) is 0 Å². The predicted molar refractivity (Wildman–Crippen MR) is 94.8 cm³/mol. The number of carbonyl (C=O) groups is 2. The van der Waals surface area contributed by atoms with E-state index in [1.54, 1.807) is 17.0 Å². The molecule has 1 atom stereocenters. The van der Waals surface area contributed by atoms with E-state index in [1.807, 2.05) is 43.3 Å². The van der Waals surface area contributed by atoms with E-state index in [9.17, 15) is 9.59 Å². The Labute approximate surface area is 141 Å². The number of anilines is 2. The monoisotopic (exact) mass is 323 g/mol. The summed E-state index contributed by atoms with van der Waals surface area (Å²) in [6, 6.07) is 14.1. The Morgan fingerprint density at radius 3 is 2.38 bits per heavy atom. The molecule has 1 saturated heterocycles. The van der Waals surface area contributed by atoms with Gasteiger partial charge in [-0.15, -0.1) is 0 Å². The quantitative estimate of drug-likeness (QED) is 0.908. The van der Waals surface area contributed by atoms with Gasteiger partial charge in [0.05, 0.1) is 0 Å². The van der Waals surface area contributed by atoms with Crippen LogP contribution in [0, 0.1) is 6.92 Å². The van der Waals surface area contributed by atoms with Gasteiger partial charge < -0.3 is 16.0 Å². The molecule has 3 N–H and O–H groups in total. The van der Waals surface area contributed by atoms with Gasteiger partial charge in [-0.1, -0.05) is 29.8 Å². The molecule has 0 radical (unpaired) electrons. The van der Waals surface area contributed by atoms with Crippen LogP contribution in [0.1, 0.15) is 30.0 Å². The highest BCUT2D eigenvalue weighted by Gasteiger charge is 2.21. The summed E-state index contributed by atoms with van der Waals surface area (Å²) in [5.41, 5.74) is 9.44. The second-order valence-corrected chi connectivity index (χ2v) is 6.07. The first-order chi connectivity index (χ1) is 11.5. The number of rotatable bonds is 4. The molecular weight excluding hydrogens is 302 g/mol. The number of hydrogen-bond acceptors (Lipinski definition) is 3. The van der Waals surface area contributed by atoms with Crippen molar-refractivity contribution >= 4 is 23.2 Å². The first-order valence-corrected chi connectivity index (χ1v) is 8.08. The summed E-state index contributed by atoms with van der Waals surface area (Å²) in [5.74, 6) is -0.114. The normalized spacial score (nSPS) is 15.4. The highest BCUT2D eigenvalue weighted by molar-refractivity contribution is 5.97. The molecule has 0 saturated carbocycles. The average Bonchev–Trinajstić information content (AvgIpc) is 3.01. The van der Waals surface area contributed by atoms with E-state index in [0.29, 0.717) is 12.1 Å². The number of benzene rings is 2. The minimum atomic E-state index is -0.717. The maximum absolute atomic E-state index is 12.3. The number of carbonyl (C=O) groups excluding carboxylic acids is 2. The molecule has 0 spiro atoms. The van der Waals surface area contributed by atoms with Gasteiger partial charge in [-0.05, 0) is 43.2 Å². The summed E-state index contributed by atoms with van der Waals surface area (Å²) >= 11 is 0. The second-order valence-electron chi connectivity index (χ2n) is 6.07. The molecule has 2 aromatic carbocycles. The molecule has 2 amide bonds. The van der Waals surface area contributed by atoms with Crippen molar-refractivity contribution in [2.75, 3.05) is 16.8 Å². The predicted octanol–water partition coefficient (Wildman–Crippen LogP) is 2.76. The van der Waals surface area contributed by atoms with Crippen molar-refractivity contribution in [2.24, 2.45) is 5.73 Å². The zero-order valence-corrected chi connectivity index (χ0v) is 13.7. The second kappa shape index (κ2) is 6.84. The summed E-state index contributed by atoms with van der Waals surface area (Å²) < 4.78 is 0. The molecule has 1 unspecified atom stereocenters. The molecule has 0 aliphatic carbocycles. The molecule has 0 aromatic heterocycles. The van der Waals surface area contributed by atoms with Gasteiger partial charge >= 0.3 is 0 Å². The van der Waals surface area contributed by atoms with Crippen molar-refractivity contribution in [3.8, 4) is 0 Å². The standard InChI is InChI=1S/C19H21N3O2/c1-13-4-6-14(7-5-13)18(20)19(24)21-15-8-10-16(11-9-15)22-12-2-3-17(22)23/h4-11,18H,2-3,12,20H2,1H3,(H,21,24). The highest BCUT2D eigenvalue weighted by atomic mass is 16.2. The van der Waals surface area contributed by atoms with Crippen molar-refractivity contribution in [3.05, 3.63) is 59.7 Å². The van der Waals surface area contributed by atoms with Crippen LogP contribution in [0.4, 0.5) is 11.4 Å². The molecule has 1 aliphatic rings. The Morgan fingerprint density at radius 1 is 1.12 bits per heavy atom. The Balaban J connectivity index is 1.66. The Bertz CT molecular complexity index is 738. The summed E-state index contributed by atoms with van der Waals surface area (Å²) in [6.45, 7) is 2.74. The van der Waals surface area contributed by atoms with E-state index in [-0.39, 0.29) is 11.8 Å². The molecule has 1 heterocycles. The number of aryl methyl sites for hydroxylation is 1. The van der Waals surface area contributed by atoms with Crippen molar-refractivity contribution < 1.29 is 9.59 Å². The van der Waals surface area contributed by atoms with Gasteiger partial charge in [0, 0.05) is 24.3 Å². The molecule has 124 valence electrons. The fourth-order valence-electron chi connectivity index (χ4n) is 2.79. The lowest BCUT2D eigenvalue weighted by molar-refractivity contribution is -0.118. The number of nitrogens with one attached hydrogen (secondary N) is 1. The number of nitrogens with two attached hydrogens (primary N) is 1. The number of amides is 2. The first kappa shape index (κ1) is 16.2. The van der Waals surface area contributed by atoms with E-state index in [0.717, 1.165) is 29.8 Å². The van der Waals surface area contributed by atoms with E-state index < -0.39 is 6.04 Å². The lowest BCUT2D eigenvalue weighted by Crippen LogP contribution is -2.27. The Morgan fingerprint density at radius 2 is 1.79 bits per heavy atom. The van der Waals surface area contributed by atoms with Gasteiger partial charge in [0.25, 0.3) is 0 Å². The SMILES string of the molecule is Cc1ccc(C(N)C(=O)Nc2ccc(N3CCCC3=O)cc2)cc1. The molecular formula is C19H21N3O2. The molecule has 5 heteroatoms. The van der Waals surface area contributed by atoms with Crippen molar-refractivity contribution in [3.63, 3.8) is 0 Å². The van der Waals surface area contributed by atoms with Crippen molar-refractivity contribution in [1.82, 2.24) is 0 Å². The van der Waals surface area contributed by atoms with Gasteiger partial charge in [0.1, 0.15) is 6.04 Å². The molecule has 5 nitrogen and oxygen atoms in total. The van der Waals surface area contributed by atoms with Crippen LogP contribution in [0.2, 0.25) is 0 Å². The van der Waals surface area contributed by atoms with Crippen LogP contribution < -0.4 is 16.0 Å². The minimum absolute atomic E-state index is 0.146. The molecule has 24 heavy (non-hydrogen) atoms. The van der Waals surface area contributed by atoms with Gasteiger partial charge in [0.2, 0.25) is 11.8 Å². The van der Waals surface area contributed by atoms with Gasteiger partial charge in [-0.25, -0.2) is 0 Å². The van der Waals surface area contributed by atoms with Gasteiger partial charge in [-0.3, -0.25) is 9.59 Å². The van der Waals surface area contributed by atoms with Crippen LogP contribution >= 0.6 is 0 Å². The lowest BCUT2D eigenvalue weighted by Gasteiger charge is -2.17. The van der Waals surface area contributed by atoms with Crippen LogP contribution in [0.15, 0.2) is 48.5 Å². The average molecular weight is 323 g/mol.